The quantitative estimate of drug-likeness (QED) is 0.195. The number of methoxy groups -OCH3 is 1. The fourth-order valence-electron chi connectivity index (χ4n) is 2.88. The molecule has 2 aromatic rings. The largest absolute Gasteiger partial charge is 0.493 e. The molecule has 0 unspecified atom stereocenters. The maximum Gasteiger partial charge on any atom is 0.266 e. The number of rotatable bonds is 12. The molecule has 0 radical (unpaired) electrons. The van der Waals surface area contributed by atoms with Crippen molar-refractivity contribution in [2.75, 3.05) is 40.1 Å². The summed E-state index contributed by atoms with van der Waals surface area (Å²) < 4.78 is 22.9. The third kappa shape index (κ3) is 6.59. The summed E-state index contributed by atoms with van der Waals surface area (Å²) in [6.07, 6.45) is 3.45. The highest BCUT2D eigenvalue weighted by molar-refractivity contribution is 8.26. The standard InChI is InChI=1S/C24H25NO5S2/c1-3-11-25-23(26)22(32-24(25)31)17-18-9-10-20(21(16-18)27-2)30-15-13-28-12-14-29-19-7-5-4-6-8-19/h3-10,16-17H,1,11-15H2,2H3/b22-17+. The van der Waals surface area contributed by atoms with Crippen LogP contribution >= 0.6 is 24.0 Å². The fourth-order valence-corrected chi connectivity index (χ4v) is 4.15. The highest BCUT2D eigenvalue weighted by Gasteiger charge is 2.30. The van der Waals surface area contributed by atoms with Crippen LogP contribution < -0.4 is 14.2 Å². The van der Waals surface area contributed by atoms with Crippen LogP contribution in [0.3, 0.4) is 0 Å². The zero-order valence-electron chi connectivity index (χ0n) is 17.8. The van der Waals surface area contributed by atoms with E-state index < -0.39 is 0 Å². The second-order valence-electron chi connectivity index (χ2n) is 6.61. The Morgan fingerprint density at radius 2 is 1.78 bits per heavy atom. The lowest BCUT2D eigenvalue weighted by Gasteiger charge is -2.12. The van der Waals surface area contributed by atoms with Crippen molar-refractivity contribution in [3.63, 3.8) is 0 Å². The number of ether oxygens (including phenoxy) is 4. The number of thioether (sulfide) groups is 1. The van der Waals surface area contributed by atoms with Crippen LogP contribution in [0.1, 0.15) is 5.56 Å². The van der Waals surface area contributed by atoms with Crippen molar-refractivity contribution < 1.29 is 23.7 Å². The molecule has 0 spiro atoms. The van der Waals surface area contributed by atoms with E-state index in [1.54, 1.807) is 19.3 Å². The lowest BCUT2D eigenvalue weighted by atomic mass is 10.2. The minimum Gasteiger partial charge on any atom is -0.493 e. The monoisotopic (exact) mass is 471 g/mol. The van der Waals surface area contributed by atoms with E-state index in [4.69, 9.17) is 31.2 Å². The number of hydrogen-bond acceptors (Lipinski definition) is 7. The summed E-state index contributed by atoms with van der Waals surface area (Å²) >= 11 is 6.55. The lowest BCUT2D eigenvalue weighted by molar-refractivity contribution is -0.121. The molecule has 0 saturated carbocycles. The molecule has 8 heteroatoms. The van der Waals surface area contributed by atoms with Gasteiger partial charge in [-0.3, -0.25) is 9.69 Å². The minimum atomic E-state index is -0.118. The number of benzene rings is 2. The van der Waals surface area contributed by atoms with Crippen LogP contribution in [0.15, 0.2) is 66.1 Å². The maximum absolute atomic E-state index is 12.5. The van der Waals surface area contributed by atoms with Gasteiger partial charge in [0.15, 0.2) is 11.5 Å². The first-order valence-corrected chi connectivity index (χ1v) is 11.3. The molecule has 3 rings (SSSR count). The molecule has 6 nitrogen and oxygen atoms in total. The van der Waals surface area contributed by atoms with Crippen molar-refractivity contribution in [1.29, 1.82) is 0 Å². The Morgan fingerprint density at radius 3 is 2.50 bits per heavy atom. The number of carbonyl (C=O) groups is 1. The number of amides is 1. The van der Waals surface area contributed by atoms with Gasteiger partial charge in [-0.15, -0.1) is 6.58 Å². The van der Waals surface area contributed by atoms with Gasteiger partial charge in [-0.2, -0.15) is 0 Å². The van der Waals surface area contributed by atoms with E-state index in [-0.39, 0.29) is 5.91 Å². The SMILES string of the molecule is C=CCN1C(=O)/C(=C\c2ccc(OCCOCCOc3ccccc3)c(OC)c2)SC1=S. The highest BCUT2D eigenvalue weighted by atomic mass is 32.2. The first-order chi connectivity index (χ1) is 15.6. The predicted molar refractivity (Wildman–Crippen MR) is 131 cm³/mol. The van der Waals surface area contributed by atoms with Crippen LogP contribution in [0.4, 0.5) is 0 Å². The van der Waals surface area contributed by atoms with Crippen LogP contribution in [0.25, 0.3) is 6.08 Å². The first kappa shape index (κ1) is 23.8. The second kappa shape index (κ2) is 12.3. The average molecular weight is 472 g/mol. The molecule has 0 N–H and O–H groups in total. The van der Waals surface area contributed by atoms with Crippen LogP contribution in [-0.4, -0.2) is 55.2 Å². The topological polar surface area (TPSA) is 57.2 Å². The van der Waals surface area contributed by atoms with E-state index in [0.717, 1.165) is 11.3 Å². The molecule has 0 atom stereocenters. The molecule has 0 aromatic heterocycles. The van der Waals surface area contributed by atoms with Crippen molar-refractivity contribution >= 4 is 40.3 Å². The number of thiocarbonyl (C=S) groups is 1. The van der Waals surface area contributed by atoms with Crippen molar-refractivity contribution in [2.24, 2.45) is 0 Å². The summed E-state index contributed by atoms with van der Waals surface area (Å²) in [6.45, 7) is 5.81. The molecule has 168 valence electrons. The smallest absolute Gasteiger partial charge is 0.266 e. The van der Waals surface area contributed by atoms with Gasteiger partial charge in [-0.05, 0) is 35.9 Å². The molecule has 1 fully saturated rings. The van der Waals surface area contributed by atoms with Crippen LogP contribution in [0, 0.1) is 0 Å². The molecule has 1 aliphatic rings. The van der Waals surface area contributed by atoms with E-state index in [2.05, 4.69) is 6.58 Å². The third-order valence-corrected chi connectivity index (χ3v) is 5.77. The number of hydrogen-bond donors (Lipinski definition) is 0. The Labute approximate surface area is 197 Å². The summed E-state index contributed by atoms with van der Waals surface area (Å²) in [5.41, 5.74) is 0.822. The molecule has 1 heterocycles. The van der Waals surface area contributed by atoms with E-state index in [1.807, 2.05) is 48.5 Å². The lowest BCUT2D eigenvalue weighted by Crippen LogP contribution is -2.27. The molecule has 1 amide bonds. The van der Waals surface area contributed by atoms with Gasteiger partial charge in [0.1, 0.15) is 23.3 Å². The van der Waals surface area contributed by atoms with Gasteiger partial charge in [-0.1, -0.05) is 54.3 Å². The summed E-state index contributed by atoms with van der Waals surface area (Å²) in [7, 11) is 1.58. The van der Waals surface area contributed by atoms with E-state index in [9.17, 15) is 4.79 Å². The maximum atomic E-state index is 12.5. The average Bonchev–Trinajstić information content (AvgIpc) is 3.07. The van der Waals surface area contributed by atoms with Crippen molar-refractivity contribution in [3.05, 3.63) is 71.7 Å². The van der Waals surface area contributed by atoms with E-state index in [0.29, 0.717) is 53.7 Å². The fraction of sp³-hybridized carbons (Fsp3) is 0.250. The van der Waals surface area contributed by atoms with Gasteiger partial charge in [0.05, 0.1) is 25.2 Å². The molecule has 0 bridgehead atoms. The van der Waals surface area contributed by atoms with Gasteiger partial charge < -0.3 is 18.9 Å². The van der Waals surface area contributed by atoms with Crippen molar-refractivity contribution in [2.45, 2.75) is 0 Å². The number of nitrogens with zero attached hydrogens (tertiary/aromatic N) is 1. The Balaban J connectivity index is 1.47. The molecular formula is C24H25NO5S2. The molecule has 1 saturated heterocycles. The van der Waals surface area contributed by atoms with Crippen LogP contribution in [-0.2, 0) is 9.53 Å². The van der Waals surface area contributed by atoms with Gasteiger partial charge in [0.25, 0.3) is 5.91 Å². The Hall–Kier alpha value is -2.81. The molecule has 2 aromatic carbocycles. The minimum absolute atomic E-state index is 0.118. The van der Waals surface area contributed by atoms with Crippen molar-refractivity contribution in [1.82, 2.24) is 4.90 Å². The zero-order valence-corrected chi connectivity index (χ0v) is 19.5. The Bertz CT molecular complexity index is 978. The third-order valence-electron chi connectivity index (χ3n) is 4.40. The Kier molecular flexibility index (Phi) is 9.15. The molecular weight excluding hydrogens is 446 g/mol. The van der Waals surface area contributed by atoms with E-state index in [1.165, 1.54) is 16.7 Å². The van der Waals surface area contributed by atoms with Crippen LogP contribution in [0.2, 0.25) is 0 Å². The second-order valence-corrected chi connectivity index (χ2v) is 8.29. The number of para-hydroxylation sites is 1. The Morgan fingerprint density at radius 1 is 1.03 bits per heavy atom. The van der Waals surface area contributed by atoms with Gasteiger partial charge >= 0.3 is 0 Å². The van der Waals surface area contributed by atoms with Gasteiger partial charge in [0.2, 0.25) is 0 Å². The van der Waals surface area contributed by atoms with E-state index >= 15 is 0 Å². The summed E-state index contributed by atoms with van der Waals surface area (Å²) in [5.74, 6) is 1.88. The van der Waals surface area contributed by atoms with Crippen LogP contribution in [0.5, 0.6) is 17.2 Å². The zero-order chi connectivity index (χ0) is 22.8. The highest BCUT2D eigenvalue weighted by Crippen LogP contribution is 2.34. The van der Waals surface area contributed by atoms with Gasteiger partial charge in [0, 0.05) is 6.54 Å². The molecule has 0 aliphatic carbocycles. The van der Waals surface area contributed by atoms with Crippen molar-refractivity contribution in [3.8, 4) is 17.2 Å². The van der Waals surface area contributed by atoms with Gasteiger partial charge in [-0.25, -0.2) is 0 Å². The summed E-state index contributed by atoms with van der Waals surface area (Å²) in [4.78, 5) is 14.6. The summed E-state index contributed by atoms with van der Waals surface area (Å²) in [5, 5.41) is 0. The predicted octanol–water partition coefficient (Wildman–Crippen LogP) is 4.56. The summed E-state index contributed by atoms with van der Waals surface area (Å²) in [6, 6.07) is 15.1. The first-order valence-electron chi connectivity index (χ1n) is 10.0. The molecule has 32 heavy (non-hydrogen) atoms. The molecule has 1 aliphatic heterocycles. The normalized spacial score (nSPS) is 14.7. The number of carbonyl (C=O) groups excluding carboxylic acids is 1.